The highest BCUT2D eigenvalue weighted by Crippen LogP contribution is 2.27. The molecule has 1 saturated heterocycles. The van der Waals surface area contributed by atoms with Crippen LogP contribution in [0.5, 0.6) is 5.75 Å². The highest BCUT2D eigenvalue weighted by atomic mass is 35.5. The van der Waals surface area contributed by atoms with Crippen molar-refractivity contribution in [2.24, 2.45) is 5.92 Å². The first-order valence-corrected chi connectivity index (χ1v) is 10.2. The van der Waals surface area contributed by atoms with Crippen LogP contribution >= 0.6 is 23.2 Å². The molecule has 0 bridgehead atoms. The second-order valence-corrected chi connectivity index (χ2v) is 8.60. The van der Waals surface area contributed by atoms with Crippen LogP contribution in [0.25, 0.3) is 0 Å². The third kappa shape index (κ3) is 5.81. The number of carbonyl (C=O) groups excluding carboxylic acids is 1. The summed E-state index contributed by atoms with van der Waals surface area (Å²) in [5.74, 6) is 0.426. The summed E-state index contributed by atoms with van der Waals surface area (Å²) >= 11 is 11.8. The molecule has 1 amide bonds. The van der Waals surface area contributed by atoms with Crippen LogP contribution in [-0.4, -0.2) is 51.1 Å². The van der Waals surface area contributed by atoms with Crippen LogP contribution in [0.3, 0.4) is 0 Å². The number of rotatable bonds is 6. The number of benzene rings is 1. The van der Waals surface area contributed by atoms with Crippen LogP contribution in [0.15, 0.2) is 18.2 Å². The van der Waals surface area contributed by atoms with E-state index >= 15 is 0 Å². The molecule has 1 fully saturated rings. The molecule has 2 rings (SSSR count). The smallest absolute Gasteiger partial charge is 0.257 e. The van der Waals surface area contributed by atoms with Gasteiger partial charge in [-0.2, -0.15) is 0 Å². The number of piperidine rings is 1. The first-order chi connectivity index (χ1) is 11.3. The van der Waals surface area contributed by atoms with Gasteiger partial charge < -0.3 is 10.1 Å². The summed E-state index contributed by atoms with van der Waals surface area (Å²) in [4.78, 5) is 11.8. The second-order valence-electron chi connectivity index (χ2n) is 5.77. The SMILES string of the molecule is CS(=O)(=O)N1CCC(CNC(=O)COc2ccc(Cl)cc2Cl)CC1. The number of sulfonamides is 1. The van der Waals surface area contributed by atoms with Crippen molar-refractivity contribution in [2.45, 2.75) is 12.8 Å². The minimum atomic E-state index is -3.12. The van der Waals surface area contributed by atoms with Gasteiger partial charge in [0.15, 0.2) is 6.61 Å². The zero-order valence-electron chi connectivity index (χ0n) is 13.3. The molecule has 1 aliphatic rings. The quantitative estimate of drug-likeness (QED) is 0.801. The van der Waals surface area contributed by atoms with Gasteiger partial charge in [-0.05, 0) is 37.0 Å². The van der Waals surface area contributed by atoms with Crippen molar-refractivity contribution in [3.8, 4) is 5.75 Å². The van der Waals surface area contributed by atoms with Crippen molar-refractivity contribution in [3.63, 3.8) is 0 Å². The van der Waals surface area contributed by atoms with Crippen molar-refractivity contribution in [2.75, 3.05) is 32.5 Å². The number of hydrogen-bond acceptors (Lipinski definition) is 4. The molecule has 0 atom stereocenters. The number of amides is 1. The molecule has 0 unspecified atom stereocenters. The van der Waals surface area contributed by atoms with Crippen molar-refractivity contribution in [1.29, 1.82) is 0 Å². The topological polar surface area (TPSA) is 75.7 Å². The van der Waals surface area contributed by atoms with Crippen molar-refractivity contribution < 1.29 is 17.9 Å². The normalized spacial score (nSPS) is 16.8. The lowest BCUT2D eigenvalue weighted by atomic mass is 9.98. The molecule has 24 heavy (non-hydrogen) atoms. The van der Waals surface area contributed by atoms with Gasteiger partial charge in [0.05, 0.1) is 11.3 Å². The van der Waals surface area contributed by atoms with Crippen molar-refractivity contribution >= 4 is 39.1 Å². The minimum absolute atomic E-state index is 0.135. The molecule has 1 aliphatic heterocycles. The Morgan fingerprint density at radius 1 is 1.33 bits per heavy atom. The fraction of sp³-hybridized carbons (Fsp3) is 0.533. The molecule has 0 saturated carbocycles. The number of nitrogens with zero attached hydrogens (tertiary/aromatic N) is 1. The van der Waals surface area contributed by atoms with Crippen LogP contribution in [0, 0.1) is 5.92 Å². The Kier molecular flexibility index (Phi) is 6.74. The van der Waals surface area contributed by atoms with Gasteiger partial charge >= 0.3 is 0 Å². The molecule has 0 radical (unpaired) electrons. The lowest BCUT2D eigenvalue weighted by molar-refractivity contribution is -0.123. The van der Waals surface area contributed by atoms with E-state index in [1.165, 1.54) is 10.6 Å². The number of hydrogen-bond donors (Lipinski definition) is 1. The standard InChI is InChI=1S/C15H20Cl2N2O4S/c1-24(21,22)19-6-4-11(5-7-19)9-18-15(20)10-23-14-3-2-12(16)8-13(14)17/h2-3,8,11H,4-7,9-10H2,1H3,(H,18,20). The Balaban J connectivity index is 1.70. The van der Waals surface area contributed by atoms with E-state index in [9.17, 15) is 13.2 Å². The zero-order valence-corrected chi connectivity index (χ0v) is 15.6. The fourth-order valence-electron chi connectivity index (χ4n) is 2.49. The van der Waals surface area contributed by atoms with Crippen LogP contribution in [0.4, 0.5) is 0 Å². The number of nitrogens with one attached hydrogen (secondary N) is 1. The Bertz CT molecular complexity index is 689. The Morgan fingerprint density at radius 3 is 2.58 bits per heavy atom. The maximum atomic E-state index is 11.8. The van der Waals surface area contributed by atoms with Crippen LogP contribution < -0.4 is 10.1 Å². The average molecular weight is 395 g/mol. The molecular weight excluding hydrogens is 375 g/mol. The lowest BCUT2D eigenvalue weighted by Crippen LogP contribution is -2.41. The van der Waals surface area contributed by atoms with Gasteiger partial charge in [0.25, 0.3) is 5.91 Å². The summed E-state index contributed by atoms with van der Waals surface area (Å²) < 4.78 is 29.7. The predicted molar refractivity (Wildman–Crippen MR) is 94.1 cm³/mol. The third-order valence-electron chi connectivity index (χ3n) is 3.88. The van der Waals surface area contributed by atoms with E-state index in [0.717, 1.165) is 12.8 Å². The summed E-state index contributed by atoms with van der Waals surface area (Å²) in [7, 11) is -3.12. The molecule has 0 aliphatic carbocycles. The molecule has 1 aromatic carbocycles. The van der Waals surface area contributed by atoms with E-state index in [0.29, 0.717) is 35.4 Å². The van der Waals surface area contributed by atoms with Gasteiger partial charge in [0.2, 0.25) is 10.0 Å². The molecule has 9 heteroatoms. The maximum absolute atomic E-state index is 11.8. The van der Waals surface area contributed by atoms with Gasteiger partial charge in [-0.25, -0.2) is 12.7 Å². The number of carbonyl (C=O) groups is 1. The summed E-state index contributed by atoms with van der Waals surface area (Å²) in [6.07, 6.45) is 2.68. The van der Waals surface area contributed by atoms with E-state index < -0.39 is 10.0 Å². The average Bonchev–Trinajstić information content (AvgIpc) is 2.51. The Hall–Kier alpha value is -1.02. The molecule has 0 aromatic heterocycles. The monoisotopic (exact) mass is 394 g/mol. The number of ether oxygens (including phenoxy) is 1. The molecule has 1 heterocycles. The molecule has 0 spiro atoms. The summed E-state index contributed by atoms with van der Waals surface area (Å²) in [6.45, 7) is 1.37. The molecule has 6 nitrogen and oxygen atoms in total. The third-order valence-corrected chi connectivity index (χ3v) is 5.72. The van der Waals surface area contributed by atoms with Gasteiger partial charge in [-0.15, -0.1) is 0 Å². The van der Waals surface area contributed by atoms with Crippen molar-refractivity contribution in [3.05, 3.63) is 28.2 Å². The van der Waals surface area contributed by atoms with Gasteiger partial charge in [-0.3, -0.25) is 4.79 Å². The Labute approximate surface area is 152 Å². The minimum Gasteiger partial charge on any atom is -0.482 e. The van der Waals surface area contributed by atoms with E-state index in [2.05, 4.69) is 5.32 Å². The molecule has 1 N–H and O–H groups in total. The van der Waals surface area contributed by atoms with E-state index in [1.54, 1.807) is 18.2 Å². The van der Waals surface area contributed by atoms with Crippen LogP contribution in [-0.2, 0) is 14.8 Å². The molecular formula is C15H20Cl2N2O4S. The van der Waals surface area contributed by atoms with Gasteiger partial charge in [0.1, 0.15) is 5.75 Å². The number of halogens is 2. The van der Waals surface area contributed by atoms with E-state index in [1.807, 2.05) is 0 Å². The van der Waals surface area contributed by atoms with E-state index in [-0.39, 0.29) is 18.4 Å². The maximum Gasteiger partial charge on any atom is 0.257 e. The first-order valence-electron chi connectivity index (χ1n) is 7.55. The zero-order chi connectivity index (χ0) is 17.7. The van der Waals surface area contributed by atoms with Gasteiger partial charge in [-0.1, -0.05) is 23.2 Å². The summed E-state index contributed by atoms with van der Waals surface area (Å²) in [6, 6.07) is 4.79. The van der Waals surface area contributed by atoms with Gasteiger partial charge in [0, 0.05) is 24.7 Å². The molecule has 134 valence electrons. The largest absolute Gasteiger partial charge is 0.482 e. The van der Waals surface area contributed by atoms with Crippen LogP contribution in [0.2, 0.25) is 10.0 Å². The summed E-state index contributed by atoms with van der Waals surface area (Å²) in [5.41, 5.74) is 0. The highest BCUT2D eigenvalue weighted by Gasteiger charge is 2.25. The second kappa shape index (κ2) is 8.38. The van der Waals surface area contributed by atoms with Crippen LogP contribution in [0.1, 0.15) is 12.8 Å². The lowest BCUT2D eigenvalue weighted by Gasteiger charge is -2.30. The van der Waals surface area contributed by atoms with E-state index in [4.69, 9.17) is 27.9 Å². The first kappa shape index (κ1) is 19.3. The predicted octanol–water partition coefficient (Wildman–Crippen LogP) is 2.16. The highest BCUT2D eigenvalue weighted by molar-refractivity contribution is 7.88. The van der Waals surface area contributed by atoms with Crippen molar-refractivity contribution in [1.82, 2.24) is 9.62 Å². The molecule has 1 aromatic rings. The summed E-state index contributed by atoms with van der Waals surface area (Å²) in [5, 5.41) is 3.65. The fourth-order valence-corrected chi connectivity index (χ4v) is 3.83. The Morgan fingerprint density at radius 2 is 2.00 bits per heavy atom.